The fourth-order valence-corrected chi connectivity index (χ4v) is 1.22. The molecule has 0 saturated heterocycles. The van der Waals surface area contributed by atoms with Crippen LogP contribution in [0, 0.1) is 0 Å². The summed E-state index contributed by atoms with van der Waals surface area (Å²) < 4.78 is 0. The first-order valence-corrected chi connectivity index (χ1v) is 4.96. The molecule has 0 N–H and O–H groups in total. The molecule has 0 radical (unpaired) electrons. The molecular weight excluding hydrogens is 221 g/mol. The third kappa shape index (κ3) is 2.30. The van der Waals surface area contributed by atoms with Crippen LogP contribution in [0.1, 0.15) is 13.8 Å². The van der Waals surface area contributed by atoms with Crippen LogP contribution in [0.25, 0.3) is 11.0 Å². The lowest BCUT2D eigenvalue weighted by Gasteiger charge is -1.96. The fraction of sp³-hybridized carbons (Fsp3) is 0.222. The minimum Gasteiger partial charge on any atom is -0.235 e. The number of halogens is 2. The smallest absolute Gasteiger partial charge is 0.158 e. The molecule has 2 heterocycles. The standard InChI is InChI=1S/C7H3Cl2N3.C2H6/c8-5-2-1-4-6(12-5)7(9)11-3-10-4;1-2/h1-3H;1-2H3. The predicted octanol–water partition coefficient (Wildman–Crippen LogP) is 3.36. The van der Waals surface area contributed by atoms with E-state index in [4.69, 9.17) is 23.2 Å². The molecule has 0 fully saturated rings. The van der Waals surface area contributed by atoms with Crippen molar-refractivity contribution in [2.24, 2.45) is 0 Å². The van der Waals surface area contributed by atoms with Gasteiger partial charge in [-0.05, 0) is 12.1 Å². The summed E-state index contributed by atoms with van der Waals surface area (Å²) in [6, 6.07) is 3.41. The van der Waals surface area contributed by atoms with Crippen LogP contribution in [0.5, 0.6) is 0 Å². The molecule has 74 valence electrons. The van der Waals surface area contributed by atoms with Crippen LogP contribution in [0.15, 0.2) is 18.5 Å². The van der Waals surface area contributed by atoms with E-state index >= 15 is 0 Å². The van der Waals surface area contributed by atoms with E-state index in [1.54, 1.807) is 12.1 Å². The minimum atomic E-state index is 0.322. The van der Waals surface area contributed by atoms with Crippen LogP contribution in [0.2, 0.25) is 10.3 Å². The van der Waals surface area contributed by atoms with Crippen LogP contribution in [-0.4, -0.2) is 15.0 Å². The van der Waals surface area contributed by atoms with Gasteiger partial charge in [0, 0.05) is 0 Å². The second-order valence-electron chi connectivity index (χ2n) is 2.17. The summed E-state index contributed by atoms with van der Waals surface area (Å²) in [6.07, 6.45) is 1.39. The van der Waals surface area contributed by atoms with Crippen molar-refractivity contribution in [3.8, 4) is 0 Å². The average Bonchev–Trinajstić information content (AvgIpc) is 2.22. The molecule has 0 unspecified atom stereocenters. The molecule has 0 spiro atoms. The monoisotopic (exact) mass is 229 g/mol. The zero-order chi connectivity index (χ0) is 10.6. The zero-order valence-corrected chi connectivity index (χ0v) is 9.34. The highest BCUT2D eigenvalue weighted by molar-refractivity contribution is 6.34. The van der Waals surface area contributed by atoms with Gasteiger partial charge in [-0.15, -0.1) is 0 Å². The van der Waals surface area contributed by atoms with E-state index in [1.165, 1.54) is 6.33 Å². The van der Waals surface area contributed by atoms with Gasteiger partial charge in [0.25, 0.3) is 0 Å². The van der Waals surface area contributed by atoms with Gasteiger partial charge >= 0.3 is 0 Å². The van der Waals surface area contributed by atoms with E-state index in [2.05, 4.69) is 15.0 Å². The Balaban J connectivity index is 0.000000461. The maximum atomic E-state index is 5.76. The molecule has 0 amide bonds. The molecule has 0 aliphatic carbocycles. The Morgan fingerprint density at radius 3 is 2.50 bits per heavy atom. The number of hydrogen-bond donors (Lipinski definition) is 0. The molecule has 0 aliphatic rings. The van der Waals surface area contributed by atoms with Crippen molar-refractivity contribution in [2.45, 2.75) is 13.8 Å². The summed E-state index contributed by atoms with van der Waals surface area (Å²) in [5.41, 5.74) is 1.23. The SMILES string of the molecule is CC.Clc1ccc2ncnc(Cl)c2n1. The lowest BCUT2D eigenvalue weighted by Crippen LogP contribution is -1.86. The van der Waals surface area contributed by atoms with E-state index < -0.39 is 0 Å². The van der Waals surface area contributed by atoms with Crippen LogP contribution in [0.3, 0.4) is 0 Å². The van der Waals surface area contributed by atoms with E-state index in [0.29, 0.717) is 21.3 Å². The lowest BCUT2D eigenvalue weighted by molar-refractivity contribution is 1.20. The Morgan fingerprint density at radius 1 is 1.07 bits per heavy atom. The van der Waals surface area contributed by atoms with Gasteiger partial charge in [-0.1, -0.05) is 37.0 Å². The highest BCUT2D eigenvalue weighted by Gasteiger charge is 2.01. The van der Waals surface area contributed by atoms with Crippen molar-refractivity contribution in [1.82, 2.24) is 15.0 Å². The minimum absolute atomic E-state index is 0.322. The number of pyridine rings is 1. The summed E-state index contributed by atoms with van der Waals surface area (Å²) in [7, 11) is 0. The number of hydrogen-bond acceptors (Lipinski definition) is 3. The number of nitrogens with zero attached hydrogens (tertiary/aromatic N) is 3. The van der Waals surface area contributed by atoms with Gasteiger partial charge in [0.1, 0.15) is 17.0 Å². The van der Waals surface area contributed by atoms with Crippen molar-refractivity contribution < 1.29 is 0 Å². The van der Waals surface area contributed by atoms with Crippen molar-refractivity contribution in [1.29, 1.82) is 0 Å². The molecule has 0 bridgehead atoms. The van der Waals surface area contributed by atoms with Crippen molar-refractivity contribution >= 4 is 34.2 Å². The van der Waals surface area contributed by atoms with Gasteiger partial charge in [0.15, 0.2) is 5.15 Å². The zero-order valence-electron chi connectivity index (χ0n) is 7.83. The first-order valence-electron chi connectivity index (χ1n) is 4.20. The Kier molecular flexibility index (Phi) is 4.04. The average molecular weight is 230 g/mol. The highest BCUT2D eigenvalue weighted by Crippen LogP contribution is 2.18. The molecular formula is C9H9Cl2N3. The topological polar surface area (TPSA) is 38.7 Å². The Labute approximate surface area is 92.1 Å². The van der Waals surface area contributed by atoms with Gasteiger partial charge in [-0.2, -0.15) is 0 Å². The Morgan fingerprint density at radius 2 is 1.79 bits per heavy atom. The Bertz CT molecular complexity index is 431. The van der Waals surface area contributed by atoms with Crippen molar-refractivity contribution in [2.75, 3.05) is 0 Å². The third-order valence-corrected chi connectivity index (χ3v) is 1.89. The summed E-state index contributed by atoms with van der Waals surface area (Å²) in [6.45, 7) is 4.00. The van der Waals surface area contributed by atoms with E-state index in [-0.39, 0.29) is 0 Å². The summed E-state index contributed by atoms with van der Waals surface area (Å²) >= 11 is 11.4. The largest absolute Gasteiger partial charge is 0.235 e. The first kappa shape index (κ1) is 11.1. The van der Waals surface area contributed by atoms with Gasteiger partial charge in [-0.25, -0.2) is 15.0 Å². The molecule has 0 saturated carbocycles. The molecule has 14 heavy (non-hydrogen) atoms. The van der Waals surface area contributed by atoms with E-state index in [0.717, 1.165) is 0 Å². The second kappa shape index (κ2) is 5.08. The van der Waals surface area contributed by atoms with E-state index in [9.17, 15) is 0 Å². The molecule has 2 rings (SSSR count). The molecule has 0 aromatic carbocycles. The summed E-state index contributed by atoms with van der Waals surface area (Å²) in [4.78, 5) is 11.7. The maximum absolute atomic E-state index is 5.76. The second-order valence-corrected chi connectivity index (χ2v) is 2.91. The van der Waals surface area contributed by atoms with Gasteiger partial charge < -0.3 is 0 Å². The third-order valence-electron chi connectivity index (χ3n) is 1.40. The normalized spacial score (nSPS) is 9.43. The lowest BCUT2D eigenvalue weighted by atomic mass is 10.4. The fourth-order valence-electron chi connectivity index (χ4n) is 0.887. The molecule has 0 aliphatic heterocycles. The van der Waals surface area contributed by atoms with Crippen molar-refractivity contribution in [3.63, 3.8) is 0 Å². The van der Waals surface area contributed by atoms with Crippen LogP contribution >= 0.6 is 23.2 Å². The van der Waals surface area contributed by atoms with E-state index in [1.807, 2.05) is 13.8 Å². The molecule has 3 nitrogen and oxygen atoms in total. The highest BCUT2D eigenvalue weighted by atomic mass is 35.5. The Hall–Kier alpha value is -0.930. The molecule has 0 atom stereocenters. The molecule has 5 heteroatoms. The summed E-state index contributed by atoms with van der Waals surface area (Å²) in [5.74, 6) is 0. The van der Waals surface area contributed by atoms with Crippen LogP contribution in [-0.2, 0) is 0 Å². The molecule has 2 aromatic rings. The van der Waals surface area contributed by atoms with Crippen LogP contribution in [0.4, 0.5) is 0 Å². The number of aromatic nitrogens is 3. The summed E-state index contributed by atoms with van der Waals surface area (Å²) in [5, 5.41) is 0.710. The maximum Gasteiger partial charge on any atom is 0.158 e. The molecule has 2 aromatic heterocycles. The predicted molar refractivity (Wildman–Crippen MR) is 58.7 cm³/mol. The van der Waals surface area contributed by atoms with Gasteiger partial charge in [0.2, 0.25) is 0 Å². The van der Waals surface area contributed by atoms with Gasteiger partial charge in [0.05, 0.1) is 5.52 Å². The number of rotatable bonds is 0. The first-order chi connectivity index (χ1) is 6.77. The van der Waals surface area contributed by atoms with Crippen molar-refractivity contribution in [3.05, 3.63) is 28.8 Å². The quantitative estimate of drug-likeness (QED) is 0.514. The van der Waals surface area contributed by atoms with Crippen LogP contribution < -0.4 is 0 Å². The van der Waals surface area contributed by atoms with Gasteiger partial charge in [-0.3, -0.25) is 0 Å². The number of fused-ring (bicyclic) bond motifs is 1.